The summed E-state index contributed by atoms with van der Waals surface area (Å²) in [5, 5.41) is 2.35. The first-order valence-electron chi connectivity index (χ1n) is 6.65. The lowest BCUT2D eigenvalue weighted by molar-refractivity contribution is -0.146. The normalized spacial score (nSPS) is 10.4. The summed E-state index contributed by atoms with van der Waals surface area (Å²) in [6.07, 6.45) is 1.43. The number of hydrogen-bond acceptors (Lipinski definition) is 5. The lowest BCUT2D eigenvalue weighted by Gasteiger charge is -2.09. The van der Waals surface area contributed by atoms with Crippen molar-refractivity contribution in [2.24, 2.45) is 0 Å². The molecule has 0 heterocycles. The average molecular weight is 319 g/mol. The molecule has 122 valence electrons. The van der Waals surface area contributed by atoms with Gasteiger partial charge in [0.25, 0.3) is 5.91 Å². The molecule has 0 fully saturated rings. The number of esters is 1. The second-order valence-corrected chi connectivity index (χ2v) is 4.46. The van der Waals surface area contributed by atoms with Gasteiger partial charge in [-0.1, -0.05) is 30.3 Å². The molecule has 0 aliphatic carbocycles. The van der Waals surface area contributed by atoms with Gasteiger partial charge in [-0.3, -0.25) is 25.2 Å². The zero-order valence-electron chi connectivity index (χ0n) is 12.7. The highest BCUT2D eigenvalue weighted by Gasteiger charge is 2.14. The number of nitrogens with one attached hydrogen (secondary N) is 3. The third kappa shape index (κ3) is 7.42. The zero-order chi connectivity index (χ0) is 17.2. The average Bonchev–Trinajstić information content (AvgIpc) is 2.50. The van der Waals surface area contributed by atoms with Crippen LogP contribution in [0.1, 0.15) is 19.4 Å². The predicted molar refractivity (Wildman–Crippen MR) is 81.2 cm³/mol. The first kappa shape index (κ1) is 17.9. The van der Waals surface area contributed by atoms with Crippen LogP contribution in [0, 0.1) is 0 Å². The van der Waals surface area contributed by atoms with Crippen LogP contribution in [-0.2, 0) is 23.9 Å². The summed E-state index contributed by atoms with van der Waals surface area (Å²) in [5.74, 6) is -2.50. The van der Waals surface area contributed by atoms with Crippen LogP contribution in [-0.4, -0.2) is 30.3 Å². The van der Waals surface area contributed by atoms with Crippen molar-refractivity contribution in [3.05, 3.63) is 41.6 Å². The van der Waals surface area contributed by atoms with Gasteiger partial charge in [-0.15, -0.1) is 0 Å². The van der Waals surface area contributed by atoms with Gasteiger partial charge in [-0.25, -0.2) is 4.79 Å². The lowest BCUT2D eigenvalue weighted by atomic mass is 10.2. The van der Waals surface area contributed by atoms with Crippen LogP contribution in [0.4, 0.5) is 0 Å². The van der Waals surface area contributed by atoms with Crippen molar-refractivity contribution in [2.45, 2.75) is 13.8 Å². The molecule has 3 amide bonds. The van der Waals surface area contributed by atoms with Crippen molar-refractivity contribution in [1.82, 2.24) is 16.2 Å². The second-order valence-electron chi connectivity index (χ2n) is 4.46. The third-order valence-electron chi connectivity index (χ3n) is 2.35. The number of amides is 3. The van der Waals surface area contributed by atoms with Crippen molar-refractivity contribution in [3.8, 4) is 0 Å². The van der Waals surface area contributed by atoms with Gasteiger partial charge < -0.3 is 10.1 Å². The number of rotatable bonds is 5. The van der Waals surface area contributed by atoms with E-state index in [0.29, 0.717) is 5.56 Å². The molecule has 0 saturated carbocycles. The maximum atomic E-state index is 12.0. The minimum atomic E-state index is -0.873. The Hall–Kier alpha value is -3.16. The van der Waals surface area contributed by atoms with E-state index in [4.69, 9.17) is 4.74 Å². The maximum Gasteiger partial charge on any atom is 0.355 e. The number of carbonyl (C=O) groups excluding carboxylic acids is 4. The second kappa shape index (κ2) is 8.98. The molecule has 8 nitrogen and oxygen atoms in total. The van der Waals surface area contributed by atoms with E-state index in [1.807, 2.05) is 5.43 Å². The smallest absolute Gasteiger partial charge is 0.355 e. The van der Waals surface area contributed by atoms with E-state index in [0.717, 1.165) is 0 Å². The zero-order valence-corrected chi connectivity index (χ0v) is 12.7. The summed E-state index contributed by atoms with van der Waals surface area (Å²) >= 11 is 0. The molecular formula is C15H17N3O5. The van der Waals surface area contributed by atoms with Gasteiger partial charge in [-0.2, -0.15) is 0 Å². The predicted octanol–water partition coefficient (Wildman–Crippen LogP) is -0.126. The van der Waals surface area contributed by atoms with Gasteiger partial charge in [0.1, 0.15) is 5.70 Å². The van der Waals surface area contributed by atoms with Crippen LogP contribution >= 0.6 is 0 Å². The Balaban J connectivity index is 2.70. The van der Waals surface area contributed by atoms with Gasteiger partial charge in [-0.05, 0) is 11.6 Å². The van der Waals surface area contributed by atoms with Crippen LogP contribution in [0.3, 0.4) is 0 Å². The highest BCUT2D eigenvalue weighted by atomic mass is 16.5. The van der Waals surface area contributed by atoms with E-state index >= 15 is 0 Å². The maximum absolute atomic E-state index is 12.0. The SMILES string of the molecule is CC(=O)NNC(=O)COC(=O)/C(=C/c1ccccc1)NC(C)=O. The Morgan fingerprint density at radius 2 is 1.65 bits per heavy atom. The van der Waals surface area contributed by atoms with Crippen LogP contribution in [0.5, 0.6) is 0 Å². The molecule has 0 saturated heterocycles. The Morgan fingerprint density at radius 3 is 2.22 bits per heavy atom. The molecule has 0 aliphatic heterocycles. The highest BCUT2D eigenvalue weighted by Crippen LogP contribution is 2.06. The lowest BCUT2D eigenvalue weighted by Crippen LogP contribution is -2.42. The summed E-state index contributed by atoms with van der Waals surface area (Å²) in [6, 6.07) is 8.81. The number of benzene rings is 1. The quantitative estimate of drug-likeness (QED) is 0.397. The Labute approximate surface area is 132 Å². The van der Waals surface area contributed by atoms with E-state index in [-0.39, 0.29) is 5.70 Å². The molecule has 0 aromatic heterocycles. The summed E-state index contributed by atoms with van der Waals surface area (Å²) in [7, 11) is 0. The number of hydrazine groups is 1. The largest absolute Gasteiger partial charge is 0.451 e. The molecule has 0 unspecified atom stereocenters. The van der Waals surface area contributed by atoms with Gasteiger partial charge in [0, 0.05) is 13.8 Å². The molecule has 1 aromatic carbocycles. The first-order chi connectivity index (χ1) is 10.9. The number of ether oxygens (including phenoxy) is 1. The van der Waals surface area contributed by atoms with Gasteiger partial charge in [0.2, 0.25) is 11.8 Å². The van der Waals surface area contributed by atoms with E-state index in [2.05, 4.69) is 10.7 Å². The van der Waals surface area contributed by atoms with Crippen LogP contribution in [0.2, 0.25) is 0 Å². The van der Waals surface area contributed by atoms with Crippen molar-refractivity contribution in [2.75, 3.05) is 6.61 Å². The van der Waals surface area contributed by atoms with Crippen LogP contribution < -0.4 is 16.2 Å². The first-order valence-corrected chi connectivity index (χ1v) is 6.65. The van der Waals surface area contributed by atoms with E-state index < -0.39 is 30.3 Å². The molecule has 0 aliphatic rings. The molecule has 8 heteroatoms. The van der Waals surface area contributed by atoms with Crippen LogP contribution in [0.15, 0.2) is 36.0 Å². The molecular weight excluding hydrogens is 302 g/mol. The fourth-order valence-corrected chi connectivity index (χ4v) is 1.45. The van der Waals surface area contributed by atoms with Gasteiger partial charge in [0.15, 0.2) is 6.61 Å². The molecule has 0 bridgehead atoms. The Morgan fingerprint density at radius 1 is 1.00 bits per heavy atom. The number of carbonyl (C=O) groups is 4. The molecule has 0 radical (unpaired) electrons. The van der Waals surface area contributed by atoms with Crippen molar-refractivity contribution < 1.29 is 23.9 Å². The number of hydrogen-bond donors (Lipinski definition) is 3. The minimum absolute atomic E-state index is 0.101. The van der Waals surface area contributed by atoms with Crippen LogP contribution in [0.25, 0.3) is 6.08 Å². The van der Waals surface area contributed by atoms with Gasteiger partial charge in [0.05, 0.1) is 0 Å². The van der Waals surface area contributed by atoms with E-state index in [1.165, 1.54) is 19.9 Å². The summed E-state index contributed by atoms with van der Waals surface area (Å²) in [4.78, 5) is 45.1. The standard InChI is InChI=1S/C15H17N3O5/c1-10(19)16-13(8-12-6-4-3-5-7-12)15(22)23-9-14(21)18-17-11(2)20/h3-8H,9H2,1-2H3,(H,16,19)(H,17,20)(H,18,21)/b13-8-. The molecule has 23 heavy (non-hydrogen) atoms. The Bertz CT molecular complexity index is 625. The molecule has 0 atom stereocenters. The molecule has 0 spiro atoms. The van der Waals surface area contributed by atoms with E-state index in [1.54, 1.807) is 30.3 Å². The summed E-state index contributed by atoms with van der Waals surface area (Å²) < 4.78 is 4.79. The van der Waals surface area contributed by atoms with Crippen molar-refractivity contribution >= 4 is 29.8 Å². The summed E-state index contributed by atoms with van der Waals surface area (Å²) in [5.41, 5.74) is 4.68. The molecule has 1 rings (SSSR count). The third-order valence-corrected chi connectivity index (χ3v) is 2.35. The van der Waals surface area contributed by atoms with E-state index in [9.17, 15) is 19.2 Å². The summed E-state index contributed by atoms with van der Waals surface area (Å²) in [6.45, 7) is 1.85. The molecule has 1 aromatic rings. The topological polar surface area (TPSA) is 114 Å². The fraction of sp³-hybridized carbons (Fsp3) is 0.200. The van der Waals surface area contributed by atoms with Gasteiger partial charge >= 0.3 is 5.97 Å². The monoisotopic (exact) mass is 319 g/mol. The van der Waals surface area contributed by atoms with Crippen molar-refractivity contribution in [3.63, 3.8) is 0 Å². The van der Waals surface area contributed by atoms with Crippen molar-refractivity contribution in [1.29, 1.82) is 0 Å². The highest BCUT2D eigenvalue weighted by molar-refractivity contribution is 5.98. The minimum Gasteiger partial charge on any atom is -0.451 e. The fourth-order valence-electron chi connectivity index (χ4n) is 1.45. The molecule has 3 N–H and O–H groups in total. The Kier molecular flexibility index (Phi) is 6.99.